The normalized spacial score (nSPS) is 17.3. The summed E-state index contributed by atoms with van der Waals surface area (Å²) in [5, 5.41) is 12.7. The molecule has 2 heterocycles. The summed E-state index contributed by atoms with van der Waals surface area (Å²) >= 11 is 0. The van der Waals surface area contributed by atoms with Gasteiger partial charge in [-0.3, -0.25) is 4.57 Å². The first-order chi connectivity index (χ1) is 6.27. The van der Waals surface area contributed by atoms with Gasteiger partial charge in [0.25, 0.3) is 0 Å². The minimum Gasteiger partial charge on any atom is -0.314 e. The lowest BCUT2D eigenvalue weighted by Crippen LogP contribution is -2.55. The number of aromatic nitrogens is 3. The monoisotopic (exact) mass is 183 g/mol. The number of hydrogen-bond donors (Lipinski definition) is 3. The van der Waals surface area contributed by atoms with Crippen molar-refractivity contribution >= 4 is 0 Å². The second-order valence-electron chi connectivity index (χ2n) is 3.24. The molecule has 13 heavy (non-hydrogen) atoms. The Hall–Kier alpha value is -1.14. The van der Waals surface area contributed by atoms with E-state index < -0.39 is 0 Å². The van der Waals surface area contributed by atoms with Gasteiger partial charge in [-0.15, -0.1) is 0 Å². The Morgan fingerprint density at radius 3 is 2.92 bits per heavy atom. The number of nitrogens with zero attached hydrogens (tertiary/aromatic N) is 2. The first-order valence-electron chi connectivity index (χ1n) is 4.32. The van der Waals surface area contributed by atoms with Crippen LogP contribution in [0.4, 0.5) is 0 Å². The summed E-state index contributed by atoms with van der Waals surface area (Å²) in [5.74, 6) is 0.747. The third kappa shape index (κ3) is 1.63. The van der Waals surface area contributed by atoms with Gasteiger partial charge in [-0.2, -0.15) is 5.10 Å². The van der Waals surface area contributed by atoms with E-state index >= 15 is 0 Å². The summed E-state index contributed by atoms with van der Waals surface area (Å²) in [6.07, 6.45) is 0. The van der Waals surface area contributed by atoms with Crippen molar-refractivity contribution in [3.05, 3.63) is 16.3 Å². The Bertz CT molecular complexity index is 337. The van der Waals surface area contributed by atoms with Crippen molar-refractivity contribution in [2.75, 3.05) is 13.1 Å². The Morgan fingerprint density at radius 1 is 1.69 bits per heavy atom. The molecule has 0 bridgehead atoms. The molecule has 6 heteroatoms. The van der Waals surface area contributed by atoms with Gasteiger partial charge >= 0.3 is 5.69 Å². The standard InChI is InChI=1S/C7H13N5O/c1-12-6(10-11-7(12)13)4-9-5-2-8-3-5/h5,8-9H,2-4H2,1H3,(H,11,13). The molecular weight excluding hydrogens is 170 g/mol. The summed E-state index contributed by atoms with van der Waals surface area (Å²) < 4.78 is 1.51. The van der Waals surface area contributed by atoms with Crippen LogP contribution in [0, 0.1) is 0 Å². The molecule has 0 amide bonds. The maximum atomic E-state index is 11.0. The van der Waals surface area contributed by atoms with Gasteiger partial charge in [0.05, 0.1) is 6.54 Å². The Labute approximate surface area is 75.3 Å². The molecule has 1 aliphatic heterocycles. The van der Waals surface area contributed by atoms with Crippen molar-refractivity contribution in [2.45, 2.75) is 12.6 Å². The summed E-state index contributed by atoms with van der Waals surface area (Å²) in [4.78, 5) is 11.0. The van der Waals surface area contributed by atoms with Crippen LogP contribution in [0.25, 0.3) is 0 Å². The van der Waals surface area contributed by atoms with Gasteiger partial charge in [0, 0.05) is 26.2 Å². The minimum atomic E-state index is -0.163. The van der Waals surface area contributed by atoms with Crippen LogP contribution >= 0.6 is 0 Å². The van der Waals surface area contributed by atoms with Gasteiger partial charge in [-0.25, -0.2) is 9.89 Å². The maximum absolute atomic E-state index is 11.0. The van der Waals surface area contributed by atoms with Crippen LogP contribution in [0.3, 0.4) is 0 Å². The lowest BCUT2D eigenvalue weighted by Gasteiger charge is -2.27. The van der Waals surface area contributed by atoms with E-state index in [0.29, 0.717) is 12.6 Å². The Kier molecular flexibility index (Phi) is 2.15. The quantitative estimate of drug-likeness (QED) is 0.515. The van der Waals surface area contributed by atoms with Crippen LogP contribution in [-0.2, 0) is 13.6 Å². The van der Waals surface area contributed by atoms with Gasteiger partial charge in [0.2, 0.25) is 0 Å². The molecule has 3 N–H and O–H groups in total. The molecular formula is C7H13N5O. The number of rotatable bonds is 3. The zero-order valence-corrected chi connectivity index (χ0v) is 7.50. The van der Waals surface area contributed by atoms with Crippen LogP contribution < -0.4 is 16.3 Å². The molecule has 0 atom stereocenters. The molecule has 1 aliphatic rings. The second-order valence-corrected chi connectivity index (χ2v) is 3.24. The summed E-state index contributed by atoms with van der Waals surface area (Å²) in [5.41, 5.74) is -0.163. The third-order valence-electron chi connectivity index (χ3n) is 2.30. The van der Waals surface area contributed by atoms with Crippen LogP contribution in [-0.4, -0.2) is 33.9 Å². The molecule has 0 aromatic carbocycles. The lowest BCUT2D eigenvalue weighted by atomic mass is 10.2. The van der Waals surface area contributed by atoms with Crippen molar-refractivity contribution in [3.8, 4) is 0 Å². The van der Waals surface area contributed by atoms with E-state index in [-0.39, 0.29) is 5.69 Å². The molecule has 0 unspecified atom stereocenters. The van der Waals surface area contributed by atoms with Crippen LogP contribution in [0.15, 0.2) is 4.79 Å². The highest BCUT2D eigenvalue weighted by molar-refractivity contribution is 4.88. The molecule has 0 radical (unpaired) electrons. The Morgan fingerprint density at radius 2 is 2.46 bits per heavy atom. The first-order valence-corrected chi connectivity index (χ1v) is 4.32. The molecule has 72 valence electrons. The molecule has 0 saturated carbocycles. The van der Waals surface area contributed by atoms with Crippen LogP contribution in [0.1, 0.15) is 5.82 Å². The Balaban J connectivity index is 1.93. The van der Waals surface area contributed by atoms with E-state index in [1.165, 1.54) is 4.57 Å². The summed E-state index contributed by atoms with van der Waals surface area (Å²) in [7, 11) is 1.71. The lowest BCUT2D eigenvalue weighted by molar-refractivity contribution is 0.360. The fraction of sp³-hybridized carbons (Fsp3) is 0.714. The van der Waals surface area contributed by atoms with Gasteiger partial charge in [-0.1, -0.05) is 0 Å². The molecule has 0 spiro atoms. The fourth-order valence-electron chi connectivity index (χ4n) is 1.21. The molecule has 1 saturated heterocycles. The van der Waals surface area contributed by atoms with Gasteiger partial charge in [0.1, 0.15) is 5.82 Å². The van der Waals surface area contributed by atoms with Crippen molar-refractivity contribution in [2.24, 2.45) is 7.05 Å². The average molecular weight is 183 g/mol. The second kappa shape index (κ2) is 3.31. The zero-order valence-electron chi connectivity index (χ0n) is 7.50. The van der Waals surface area contributed by atoms with E-state index in [1.54, 1.807) is 7.05 Å². The fourth-order valence-corrected chi connectivity index (χ4v) is 1.21. The average Bonchev–Trinajstić information content (AvgIpc) is 2.33. The van der Waals surface area contributed by atoms with Gasteiger partial charge in [0.15, 0.2) is 0 Å². The van der Waals surface area contributed by atoms with Gasteiger partial charge in [-0.05, 0) is 0 Å². The maximum Gasteiger partial charge on any atom is 0.343 e. The smallest absolute Gasteiger partial charge is 0.314 e. The highest BCUT2D eigenvalue weighted by Crippen LogP contribution is 1.93. The molecule has 0 aliphatic carbocycles. The van der Waals surface area contributed by atoms with Gasteiger partial charge < -0.3 is 10.6 Å². The number of H-pyrrole nitrogens is 1. The number of aromatic amines is 1. The molecule has 1 fully saturated rings. The van der Waals surface area contributed by atoms with Crippen LogP contribution in [0.2, 0.25) is 0 Å². The largest absolute Gasteiger partial charge is 0.343 e. The SMILES string of the molecule is Cn1c(CNC2CNC2)n[nH]c1=O. The molecule has 1 aromatic heterocycles. The number of hydrogen-bond acceptors (Lipinski definition) is 4. The van der Waals surface area contributed by atoms with E-state index in [4.69, 9.17) is 0 Å². The number of nitrogens with one attached hydrogen (secondary N) is 3. The molecule has 6 nitrogen and oxygen atoms in total. The topological polar surface area (TPSA) is 74.7 Å². The minimum absolute atomic E-state index is 0.163. The van der Waals surface area contributed by atoms with Crippen molar-refractivity contribution < 1.29 is 0 Å². The summed E-state index contributed by atoms with van der Waals surface area (Å²) in [6, 6.07) is 0.520. The van der Waals surface area contributed by atoms with Crippen molar-refractivity contribution in [1.29, 1.82) is 0 Å². The first kappa shape index (κ1) is 8.46. The predicted molar refractivity (Wildman–Crippen MR) is 47.3 cm³/mol. The van der Waals surface area contributed by atoms with Crippen molar-refractivity contribution in [1.82, 2.24) is 25.4 Å². The molecule has 2 rings (SSSR count). The van der Waals surface area contributed by atoms with E-state index in [1.807, 2.05) is 0 Å². The highest BCUT2D eigenvalue weighted by Gasteiger charge is 2.16. The van der Waals surface area contributed by atoms with E-state index in [2.05, 4.69) is 20.8 Å². The molecule has 1 aromatic rings. The summed E-state index contributed by atoms with van der Waals surface area (Å²) in [6.45, 7) is 2.64. The van der Waals surface area contributed by atoms with Crippen LogP contribution in [0.5, 0.6) is 0 Å². The van der Waals surface area contributed by atoms with E-state index in [0.717, 1.165) is 18.9 Å². The van der Waals surface area contributed by atoms with Crippen molar-refractivity contribution in [3.63, 3.8) is 0 Å². The predicted octanol–water partition coefficient (Wildman–Crippen LogP) is -1.83. The third-order valence-corrected chi connectivity index (χ3v) is 2.30. The highest BCUT2D eigenvalue weighted by atomic mass is 16.1. The van der Waals surface area contributed by atoms with E-state index in [9.17, 15) is 4.79 Å². The zero-order chi connectivity index (χ0) is 9.26.